The molecule has 0 aromatic rings. The monoisotopic (exact) mass is 536 g/mol. The van der Waals surface area contributed by atoms with Crippen LogP contribution in [0, 0.1) is 19.4 Å². The summed E-state index contributed by atoms with van der Waals surface area (Å²) in [4.78, 5) is 8.66. The maximum absolute atomic E-state index is 8.66. The average molecular weight is 539 g/mol. The van der Waals surface area contributed by atoms with Gasteiger partial charge in [0.25, 0.3) is 0 Å². The third kappa shape index (κ3) is 58.4. The van der Waals surface area contributed by atoms with Gasteiger partial charge in [-0.3, -0.25) is 6.08 Å². The average Bonchev–Trinajstić information content (AvgIpc) is 2.56. The zero-order valence-corrected chi connectivity index (χ0v) is 26.2. The number of aliphatic hydroxyl groups is 1. The van der Waals surface area contributed by atoms with Crippen molar-refractivity contribution in [2.75, 3.05) is 6.61 Å². The van der Waals surface area contributed by atoms with Gasteiger partial charge in [0, 0.05) is 6.61 Å². The Morgan fingerprint density at radius 1 is 1.11 bits per heavy atom. The summed E-state index contributed by atoms with van der Waals surface area (Å²) in [5.74, 6) is 0.560. The summed E-state index contributed by atoms with van der Waals surface area (Å²) < 4.78 is 0. The van der Waals surface area contributed by atoms with Crippen molar-refractivity contribution in [3.8, 4) is 0 Å². The van der Waals surface area contributed by atoms with Gasteiger partial charge in [0.15, 0.2) is 8.32 Å². The van der Waals surface area contributed by atoms with Crippen LogP contribution in [0.4, 0.5) is 0 Å². The molecule has 27 heavy (non-hydrogen) atoms. The number of hydrogen-bond acceptors (Lipinski definition) is 2. The molecule has 8 heteroatoms. The number of rotatable bonds is 0. The van der Waals surface area contributed by atoms with Crippen molar-refractivity contribution < 1.29 is 33.2 Å². The summed E-state index contributed by atoms with van der Waals surface area (Å²) in [7, 11) is -1.61. The van der Waals surface area contributed by atoms with Crippen LogP contribution in [-0.2, 0) is 23.3 Å². The van der Waals surface area contributed by atoms with Gasteiger partial charge < -0.3 is 23.1 Å². The fourth-order valence-corrected chi connectivity index (χ4v) is 1.16. The molecule has 168 valence electrons. The Bertz CT molecular complexity index is 357. The SMILES string of the molecule is CC(C)(C)[NH-].CC1=[C-]C(C)C(C)=C1C.CCO.C[Si](C)(C)O.Cl.Cl.[CH3-].[SiH2]=[Zr]. The van der Waals surface area contributed by atoms with Crippen LogP contribution in [0.1, 0.15) is 55.4 Å². The Morgan fingerprint density at radius 2 is 1.30 bits per heavy atom. The number of allylic oxidation sites excluding steroid dienone is 4. The molecule has 0 bridgehead atoms. The van der Waals surface area contributed by atoms with Crippen molar-refractivity contribution in [2.45, 2.75) is 80.6 Å². The van der Waals surface area contributed by atoms with E-state index in [9.17, 15) is 0 Å². The molecule has 0 saturated carbocycles. The summed E-state index contributed by atoms with van der Waals surface area (Å²) in [6, 6.07) is 0. The van der Waals surface area contributed by atoms with Crippen LogP contribution in [0.15, 0.2) is 16.7 Å². The molecule has 1 aliphatic carbocycles. The predicted molar refractivity (Wildman–Crippen MR) is 132 cm³/mol. The van der Waals surface area contributed by atoms with Gasteiger partial charge in [-0.1, -0.05) is 47.5 Å². The van der Waals surface area contributed by atoms with Gasteiger partial charge in [-0.15, -0.1) is 37.3 Å². The Hall–Kier alpha value is 1.26. The second kappa shape index (κ2) is 25.3. The molecule has 3 nitrogen and oxygen atoms in total. The van der Waals surface area contributed by atoms with Crippen LogP contribution in [0.5, 0.6) is 0 Å². The van der Waals surface area contributed by atoms with E-state index in [1.807, 2.05) is 47.3 Å². The summed E-state index contributed by atoms with van der Waals surface area (Å²) in [5.41, 5.74) is 10.9. The number of halogens is 2. The standard InChI is InChI=1S/C9H13.C4H10N.C3H10OSi.C2H6O.CH3.2ClH.H2Si.Zr/c1-6-5-7(2)9(4)8(6)3;1-4(2,3)5;1-5(2,3)4;1-2-3;;;;;/h6H,1-4H3;5H,1-3H3;4H,1-3H3;3H,2H2,1H3;1H3;2*1H;1H2;/q2*-1;;;-1;;;;. The van der Waals surface area contributed by atoms with Gasteiger partial charge in [0.2, 0.25) is 0 Å². The van der Waals surface area contributed by atoms with E-state index in [1.54, 1.807) is 30.3 Å². The molecule has 0 saturated heterocycles. The molecule has 1 unspecified atom stereocenters. The van der Waals surface area contributed by atoms with E-state index in [2.05, 4.69) is 33.8 Å². The number of hydrogen-bond donors (Lipinski definition) is 2. The van der Waals surface area contributed by atoms with Crippen molar-refractivity contribution in [3.63, 3.8) is 0 Å². The molecule has 1 rings (SSSR count). The predicted octanol–water partition coefficient (Wildman–Crippen LogP) is 5.75. The van der Waals surface area contributed by atoms with Gasteiger partial charge in [0.1, 0.15) is 0 Å². The molecule has 0 heterocycles. The second-order valence-electron chi connectivity index (χ2n) is 7.54. The van der Waals surface area contributed by atoms with Crippen molar-refractivity contribution in [2.24, 2.45) is 5.92 Å². The molecule has 0 radical (unpaired) electrons. The van der Waals surface area contributed by atoms with E-state index in [4.69, 9.17) is 15.6 Å². The first-order valence-corrected chi connectivity index (χ1v) is 17.6. The Balaban J connectivity index is -0.0000000395. The summed E-state index contributed by atoms with van der Waals surface area (Å²) >= 11 is 1.58. The minimum atomic E-state index is -1.61. The zero-order chi connectivity index (χ0) is 20.7. The van der Waals surface area contributed by atoms with E-state index in [1.165, 1.54) is 16.7 Å². The normalized spacial score (nSPS) is 14.3. The van der Waals surface area contributed by atoms with Gasteiger partial charge in [-0.2, -0.15) is 11.1 Å². The molecule has 0 spiro atoms. The summed E-state index contributed by atoms with van der Waals surface area (Å²) in [6.45, 7) is 23.8. The van der Waals surface area contributed by atoms with Crippen LogP contribution >= 0.6 is 24.8 Å². The molecule has 0 fully saturated rings. The first-order valence-electron chi connectivity index (χ1n) is 8.26. The summed E-state index contributed by atoms with van der Waals surface area (Å²) in [6.07, 6.45) is 3.36. The van der Waals surface area contributed by atoms with Crippen LogP contribution in [0.2, 0.25) is 19.6 Å². The molecule has 0 aromatic carbocycles. The molecule has 0 aromatic heterocycles. The van der Waals surface area contributed by atoms with Crippen LogP contribution < -0.4 is 0 Å². The number of aliphatic hydroxyl groups excluding tert-OH is 1. The Kier molecular flexibility index (Phi) is 43.5. The quantitative estimate of drug-likeness (QED) is 0.305. The topological polar surface area (TPSA) is 64.3 Å². The van der Waals surface area contributed by atoms with Crippen molar-refractivity contribution in [1.82, 2.24) is 0 Å². The molecular formula is C19H46Cl2NO2Si2Zr-3. The second-order valence-corrected chi connectivity index (χ2v) is 11.9. The van der Waals surface area contributed by atoms with Crippen LogP contribution in [0.25, 0.3) is 5.73 Å². The van der Waals surface area contributed by atoms with Gasteiger partial charge in [0.05, 0.1) is 0 Å². The molecule has 0 amide bonds. The minimum absolute atomic E-state index is 0. The first kappa shape index (κ1) is 46.5. The third-order valence-corrected chi connectivity index (χ3v) is 2.24. The van der Waals surface area contributed by atoms with Crippen LogP contribution in [0.3, 0.4) is 0 Å². The number of nitrogens with one attached hydrogen (secondary N) is 1. The van der Waals surface area contributed by atoms with E-state index in [0.717, 1.165) is 0 Å². The van der Waals surface area contributed by atoms with E-state index < -0.39 is 8.32 Å². The van der Waals surface area contributed by atoms with Gasteiger partial charge in [-0.25, -0.2) is 5.57 Å². The van der Waals surface area contributed by atoms with Crippen molar-refractivity contribution in [1.29, 1.82) is 0 Å². The summed E-state index contributed by atoms with van der Waals surface area (Å²) in [5, 5.41) is 7.57. The fourth-order valence-electron chi connectivity index (χ4n) is 1.16. The van der Waals surface area contributed by atoms with E-state index in [-0.39, 0.29) is 44.4 Å². The Labute approximate surface area is 201 Å². The third-order valence-electron chi connectivity index (χ3n) is 2.24. The first-order chi connectivity index (χ1) is 10.5. The van der Waals surface area contributed by atoms with E-state index >= 15 is 0 Å². The Morgan fingerprint density at radius 3 is 1.33 bits per heavy atom. The fraction of sp³-hybridized carbons (Fsp3) is 0.737. The van der Waals surface area contributed by atoms with Crippen molar-refractivity contribution >= 4 is 40.0 Å². The molecular weight excluding hydrogens is 493 g/mol. The van der Waals surface area contributed by atoms with Gasteiger partial charge in [-0.05, 0) is 26.6 Å². The van der Waals surface area contributed by atoms with E-state index in [0.29, 0.717) is 5.92 Å². The van der Waals surface area contributed by atoms with Crippen molar-refractivity contribution in [3.05, 3.63) is 36.0 Å². The van der Waals surface area contributed by atoms with Crippen LogP contribution in [-0.4, -0.2) is 37.2 Å². The van der Waals surface area contributed by atoms with Gasteiger partial charge >= 0.3 is 30.2 Å². The molecule has 1 aliphatic rings. The maximum atomic E-state index is 8.66. The molecule has 3 N–H and O–H groups in total. The molecule has 0 aliphatic heterocycles. The zero-order valence-electron chi connectivity index (χ0n) is 19.7. The molecule has 1 atom stereocenters.